The lowest BCUT2D eigenvalue weighted by atomic mass is 10.2. The number of hydrogen-bond donors (Lipinski definition) is 1. The summed E-state index contributed by atoms with van der Waals surface area (Å²) in [6, 6.07) is 7.23. The van der Waals surface area contributed by atoms with Crippen molar-refractivity contribution in [2.24, 2.45) is 0 Å². The van der Waals surface area contributed by atoms with Crippen molar-refractivity contribution in [1.29, 1.82) is 0 Å². The number of fused-ring (bicyclic) bond motifs is 1. The van der Waals surface area contributed by atoms with Gasteiger partial charge in [0.25, 0.3) is 0 Å². The van der Waals surface area contributed by atoms with Gasteiger partial charge in [0.2, 0.25) is 5.91 Å². The van der Waals surface area contributed by atoms with E-state index in [1.54, 1.807) is 19.1 Å². The molecule has 1 amide bonds. The summed E-state index contributed by atoms with van der Waals surface area (Å²) in [7, 11) is 0. The number of hydrogen-bond acceptors (Lipinski definition) is 7. The second kappa shape index (κ2) is 8.05. The molecule has 3 rings (SSSR count). The summed E-state index contributed by atoms with van der Waals surface area (Å²) in [5, 5.41) is 7.92. The van der Waals surface area contributed by atoms with E-state index in [-0.39, 0.29) is 37.1 Å². The molecule has 0 saturated carbocycles. The van der Waals surface area contributed by atoms with Gasteiger partial charge in [-0.05, 0) is 13.0 Å². The number of para-hydroxylation sites is 1. The summed E-state index contributed by atoms with van der Waals surface area (Å²) in [6.07, 6.45) is 1.28. The van der Waals surface area contributed by atoms with Crippen LogP contribution >= 0.6 is 11.8 Å². The van der Waals surface area contributed by atoms with Gasteiger partial charge in [0.1, 0.15) is 6.61 Å². The van der Waals surface area contributed by atoms with Crippen LogP contribution in [0.2, 0.25) is 0 Å². The number of H-pyrrole nitrogens is 1. The molecule has 0 radical (unpaired) electrons. The van der Waals surface area contributed by atoms with E-state index < -0.39 is 11.9 Å². The first-order valence-corrected chi connectivity index (χ1v) is 9.00. The highest BCUT2D eigenvalue weighted by Gasteiger charge is 2.27. The lowest BCUT2D eigenvalue weighted by Crippen LogP contribution is -2.29. The van der Waals surface area contributed by atoms with Gasteiger partial charge in [0.05, 0.1) is 35.5 Å². The van der Waals surface area contributed by atoms with Gasteiger partial charge < -0.3 is 14.4 Å². The van der Waals surface area contributed by atoms with E-state index in [1.165, 1.54) is 22.7 Å². The van der Waals surface area contributed by atoms with Gasteiger partial charge in [-0.3, -0.25) is 9.89 Å². The summed E-state index contributed by atoms with van der Waals surface area (Å²) in [4.78, 5) is 37.2. The minimum Gasteiger partial charge on any atom is -0.463 e. The molecule has 1 saturated heterocycles. The van der Waals surface area contributed by atoms with E-state index in [0.29, 0.717) is 10.4 Å². The smallest absolute Gasteiger partial charge is 0.359 e. The molecule has 2 heterocycles. The number of benzene rings is 1. The van der Waals surface area contributed by atoms with Crippen LogP contribution in [0.15, 0.2) is 35.4 Å². The number of ether oxygens (including phenoxy) is 2. The molecule has 2 aromatic rings. The van der Waals surface area contributed by atoms with Crippen LogP contribution in [-0.4, -0.2) is 58.5 Å². The van der Waals surface area contributed by atoms with Crippen LogP contribution in [0.25, 0.3) is 10.9 Å². The molecule has 9 heteroatoms. The number of esters is 2. The summed E-state index contributed by atoms with van der Waals surface area (Å²) >= 11 is 1.25. The highest BCUT2D eigenvalue weighted by molar-refractivity contribution is 8.04. The molecule has 0 spiro atoms. The number of amides is 1. The lowest BCUT2D eigenvalue weighted by molar-refractivity contribution is -0.137. The molecule has 1 aromatic heterocycles. The predicted octanol–water partition coefficient (Wildman–Crippen LogP) is 1.70. The number of aromatic amines is 1. The van der Waals surface area contributed by atoms with Crippen LogP contribution in [0, 0.1) is 0 Å². The minimum atomic E-state index is -0.572. The molecule has 0 atom stereocenters. The Kier molecular flexibility index (Phi) is 5.57. The van der Waals surface area contributed by atoms with Crippen LogP contribution < -0.4 is 0 Å². The van der Waals surface area contributed by atoms with E-state index in [4.69, 9.17) is 9.47 Å². The van der Waals surface area contributed by atoms with Crippen molar-refractivity contribution in [3.05, 3.63) is 41.1 Å². The summed E-state index contributed by atoms with van der Waals surface area (Å²) < 4.78 is 10.1. The molecule has 1 fully saturated rings. The van der Waals surface area contributed by atoms with Crippen LogP contribution in [-0.2, 0) is 19.1 Å². The zero-order chi connectivity index (χ0) is 18.5. The quantitative estimate of drug-likeness (QED) is 0.606. The third kappa shape index (κ3) is 3.88. The zero-order valence-electron chi connectivity index (χ0n) is 14.1. The van der Waals surface area contributed by atoms with Crippen molar-refractivity contribution >= 4 is 40.5 Å². The van der Waals surface area contributed by atoms with E-state index in [9.17, 15) is 14.4 Å². The van der Waals surface area contributed by atoms with Crippen molar-refractivity contribution in [2.75, 3.05) is 25.5 Å². The Morgan fingerprint density at radius 3 is 2.96 bits per heavy atom. The normalized spacial score (nSPS) is 15.7. The fourth-order valence-electron chi connectivity index (χ4n) is 2.47. The Labute approximate surface area is 153 Å². The Morgan fingerprint density at radius 2 is 2.15 bits per heavy atom. The van der Waals surface area contributed by atoms with E-state index >= 15 is 0 Å². The third-order valence-electron chi connectivity index (χ3n) is 3.65. The van der Waals surface area contributed by atoms with E-state index in [2.05, 4.69) is 10.2 Å². The standard InChI is InChI=1S/C17H17N3O5S/c1-2-24-15(22)9-14-20(13(21)10-26-14)7-8-25-17(23)16-11-5-3-4-6-12(11)18-19-16/h3-6,9H,2,7-8,10H2,1H3,(H,18,19)/b14-9-. The fourth-order valence-corrected chi connectivity index (χ4v) is 3.43. The van der Waals surface area contributed by atoms with Gasteiger partial charge in [-0.25, -0.2) is 9.59 Å². The largest absolute Gasteiger partial charge is 0.463 e. The van der Waals surface area contributed by atoms with Gasteiger partial charge in [0.15, 0.2) is 5.69 Å². The molecule has 8 nitrogen and oxygen atoms in total. The molecule has 1 aliphatic heterocycles. The fraction of sp³-hybridized carbons (Fsp3) is 0.294. The topological polar surface area (TPSA) is 102 Å². The molecule has 1 aromatic carbocycles. The van der Waals surface area contributed by atoms with Crippen molar-refractivity contribution in [3.63, 3.8) is 0 Å². The average molecular weight is 375 g/mol. The number of nitrogens with zero attached hydrogens (tertiary/aromatic N) is 2. The number of nitrogens with one attached hydrogen (secondary N) is 1. The number of aromatic nitrogens is 2. The predicted molar refractivity (Wildman–Crippen MR) is 95.3 cm³/mol. The molecular weight excluding hydrogens is 358 g/mol. The number of thioether (sulfide) groups is 1. The average Bonchev–Trinajstić information content (AvgIpc) is 3.20. The molecule has 26 heavy (non-hydrogen) atoms. The summed E-state index contributed by atoms with van der Waals surface area (Å²) in [5.74, 6) is -0.984. The highest BCUT2D eigenvalue weighted by atomic mass is 32.2. The second-order valence-corrected chi connectivity index (χ2v) is 6.32. The summed E-state index contributed by atoms with van der Waals surface area (Å²) in [6.45, 7) is 2.12. The minimum absolute atomic E-state index is 0.00745. The van der Waals surface area contributed by atoms with E-state index in [0.717, 1.165) is 5.52 Å². The first-order valence-electron chi connectivity index (χ1n) is 8.02. The number of rotatable bonds is 6. The first-order chi connectivity index (χ1) is 12.6. The van der Waals surface area contributed by atoms with Crippen molar-refractivity contribution in [2.45, 2.75) is 6.92 Å². The Morgan fingerprint density at radius 1 is 1.35 bits per heavy atom. The maximum Gasteiger partial charge on any atom is 0.359 e. The zero-order valence-corrected chi connectivity index (χ0v) is 14.9. The Bertz CT molecular complexity index is 876. The highest BCUT2D eigenvalue weighted by Crippen LogP contribution is 2.28. The molecule has 0 bridgehead atoms. The van der Waals surface area contributed by atoms with Gasteiger partial charge in [-0.15, -0.1) is 0 Å². The third-order valence-corrected chi connectivity index (χ3v) is 4.68. The second-order valence-electron chi connectivity index (χ2n) is 5.32. The van der Waals surface area contributed by atoms with Crippen LogP contribution in [0.1, 0.15) is 17.4 Å². The maximum absolute atomic E-state index is 12.2. The molecule has 0 aliphatic carbocycles. The van der Waals surface area contributed by atoms with E-state index in [1.807, 2.05) is 12.1 Å². The number of carbonyl (C=O) groups excluding carboxylic acids is 3. The van der Waals surface area contributed by atoms with Crippen LogP contribution in [0.4, 0.5) is 0 Å². The maximum atomic E-state index is 12.2. The van der Waals surface area contributed by atoms with Gasteiger partial charge >= 0.3 is 11.9 Å². The molecule has 1 N–H and O–H groups in total. The summed E-state index contributed by atoms with van der Waals surface area (Å²) in [5.41, 5.74) is 0.940. The molecular formula is C17H17N3O5S. The van der Waals surface area contributed by atoms with Crippen LogP contribution in [0.3, 0.4) is 0 Å². The molecule has 136 valence electrons. The van der Waals surface area contributed by atoms with Gasteiger partial charge in [-0.2, -0.15) is 5.10 Å². The Hall–Kier alpha value is -2.81. The Balaban J connectivity index is 1.60. The number of carbonyl (C=O) groups is 3. The monoisotopic (exact) mass is 375 g/mol. The van der Waals surface area contributed by atoms with Crippen molar-refractivity contribution in [1.82, 2.24) is 15.1 Å². The molecule has 0 unspecified atom stereocenters. The first kappa shape index (κ1) is 18.0. The van der Waals surface area contributed by atoms with Crippen molar-refractivity contribution < 1.29 is 23.9 Å². The molecule has 1 aliphatic rings. The van der Waals surface area contributed by atoms with Gasteiger partial charge in [0, 0.05) is 5.39 Å². The lowest BCUT2D eigenvalue weighted by Gasteiger charge is -2.16. The van der Waals surface area contributed by atoms with Gasteiger partial charge in [-0.1, -0.05) is 30.0 Å². The van der Waals surface area contributed by atoms with Crippen molar-refractivity contribution in [3.8, 4) is 0 Å². The van der Waals surface area contributed by atoms with Crippen LogP contribution in [0.5, 0.6) is 0 Å². The SMILES string of the molecule is CCOC(=O)/C=C1\SCC(=O)N1CCOC(=O)c1n[nH]c2ccccc12.